The van der Waals surface area contributed by atoms with Gasteiger partial charge in [-0.1, -0.05) is 6.07 Å². The normalized spacial score (nSPS) is 31.3. The molecular formula is C17H24N2O3S. The van der Waals surface area contributed by atoms with Crippen molar-refractivity contribution in [1.82, 2.24) is 5.01 Å². The molecule has 23 heavy (non-hydrogen) atoms. The highest BCUT2D eigenvalue weighted by Gasteiger charge is 2.38. The molecule has 0 bridgehead atoms. The minimum atomic E-state index is 0.00673. The number of thiophene rings is 1. The van der Waals surface area contributed by atoms with Gasteiger partial charge in [0.15, 0.2) is 0 Å². The Morgan fingerprint density at radius 1 is 1.30 bits per heavy atom. The van der Waals surface area contributed by atoms with E-state index in [0.717, 1.165) is 31.4 Å². The first-order valence-corrected chi connectivity index (χ1v) is 8.98. The van der Waals surface area contributed by atoms with E-state index in [1.54, 1.807) is 37.5 Å². The van der Waals surface area contributed by atoms with Gasteiger partial charge < -0.3 is 9.47 Å². The van der Waals surface area contributed by atoms with Crippen LogP contribution < -0.4 is 0 Å². The molecule has 0 N–H and O–H groups in total. The predicted octanol–water partition coefficient (Wildman–Crippen LogP) is 3.23. The number of hydrazone groups is 1. The average molecular weight is 336 g/mol. The molecule has 4 atom stereocenters. The maximum atomic E-state index is 12.0. The smallest absolute Gasteiger partial charge is 0.240 e. The van der Waals surface area contributed by atoms with Crippen LogP contribution in [0.2, 0.25) is 0 Å². The van der Waals surface area contributed by atoms with Crippen LogP contribution in [0.4, 0.5) is 0 Å². The molecule has 5 nitrogen and oxygen atoms in total. The van der Waals surface area contributed by atoms with Crippen LogP contribution in [0.25, 0.3) is 0 Å². The molecule has 1 aromatic heterocycles. The molecule has 0 aromatic carbocycles. The number of hydrogen-bond acceptors (Lipinski definition) is 5. The van der Waals surface area contributed by atoms with E-state index in [2.05, 4.69) is 16.5 Å². The minimum Gasteiger partial charge on any atom is -0.379 e. The Labute approximate surface area is 141 Å². The highest BCUT2D eigenvalue weighted by atomic mass is 32.1. The van der Waals surface area contributed by atoms with Crippen molar-refractivity contribution in [2.45, 2.75) is 50.9 Å². The van der Waals surface area contributed by atoms with Crippen molar-refractivity contribution in [2.24, 2.45) is 11.0 Å². The summed E-state index contributed by atoms with van der Waals surface area (Å²) in [5.41, 5.74) is 1.13. The van der Waals surface area contributed by atoms with Crippen molar-refractivity contribution in [3.63, 3.8) is 0 Å². The second-order valence-electron chi connectivity index (χ2n) is 6.25. The Bertz CT molecular complexity index is 572. The van der Waals surface area contributed by atoms with Crippen molar-refractivity contribution in [2.75, 3.05) is 14.2 Å². The molecule has 3 rings (SSSR count). The molecule has 2 aliphatic rings. The third kappa shape index (κ3) is 3.34. The lowest BCUT2D eigenvalue weighted by molar-refractivity contribution is -0.130. The Hall–Kier alpha value is -1.24. The molecule has 1 aliphatic carbocycles. The molecule has 4 unspecified atom stereocenters. The van der Waals surface area contributed by atoms with Crippen LogP contribution in [0.5, 0.6) is 0 Å². The van der Waals surface area contributed by atoms with Gasteiger partial charge in [0.05, 0.1) is 18.2 Å². The monoisotopic (exact) mass is 336 g/mol. The molecule has 1 aliphatic heterocycles. The summed E-state index contributed by atoms with van der Waals surface area (Å²) >= 11 is 1.69. The van der Waals surface area contributed by atoms with Crippen molar-refractivity contribution in [3.8, 4) is 0 Å². The van der Waals surface area contributed by atoms with E-state index in [4.69, 9.17) is 9.47 Å². The van der Waals surface area contributed by atoms with Crippen LogP contribution in [-0.2, 0) is 14.3 Å². The zero-order valence-electron chi connectivity index (χ0n) is 13.9. The quantitative estimate of drug-likeness (QED) is 0.848. The van der Waals surface area contributed by atoms with Gasteiger partial charge in [0, 0.05) is 44.1 Å². The predicted molar refractivity (Wildman–Crippen MR) is 90.6 cm³/mol. The van der Waals surface area contributed by atoms with Gasteiger partial charge in [0.25, 0.3) is 0 Å². The van der Waals surface area contributed by atoms with Gasteiger partial charge in [-0.25, -0.2) is 5.01 Å². The number of rotatable bonds is 4. The van der Waals surface area contributed by atoms with E-state index >= 15 is 0 Å². The second-order valence-corrected chi connectivity index (χ2v) is 7.23. The lowest BCUT2D eigenvalue weighted by atomic mass is 9.81. The Morgan fingerprint density at radius 3 is 2.70 bits per heavy atom. The molecule has 6 heteroatoms. The van der Waals surface area contributed by atoms with Crippen LogP contribution in [0, 0.1) is 5.92 Å². The number of hydrogen-bond donors (Lipinski definition) is 0. The molecule has 2 heterocycles. The highest BCUT2D eigenvalue weighted by molar-refractivity contribution is 7.10. The van der Waals surface area contributed by atoms with Crippen LogP contribution in [-0.4, -0.2) is 43.1 Å². The minimum absolute atomic E-state index is 0.00673. The zero-order valence-corrected chi connectivity index (χ0v) is 14.7. The highest BCUT2D eigenvalue weighted by Crippen LogP contribution is 2.39. The van der Waals surface area contributed by atoms with Gasteiger partial charge >= 0.3 is 0 Å². The first kappa shape index (κ1) is 16.6. The standard InChI is InChI=1S/C17H24N2O3S/c1-11(20)19-14(17-5-4-8-23-17)10-13(18-19)12-6-7-15(21-2)16(9-12)22-3/h4-5,8,12,14-16H,6-7,9-10H2,1-3H3. The largest absolute Gasteiger partial charge is 0.379 e. The third-order valence-corrected chi connectivity index (χ3v) is 5.91. The van der Waals surface area contributed by atoms with Gasteiger partial charge in [-0.2, -0.15) is 5.10 Å². The molecule has 126 valence electrons. The number of nitrogens with zero attached hydrogens (tertiary/aromatic N) is 2. The number of carbonyl (C=O) groups excluding carboxylic acids is 1. The number of ether oxygens (including phenoxy) is 2. The van der Waals surface area contributed by atoms with E-state index < -0.39 is 0 Å². The molecule has 1 amide bonds. The molecule has 0 radical (unpaired) electrons. The average Bonchev–Trinajstić information content (AvgIpc) is 3.22. The zero-order chi connectivity index (χ0) is 16.4. The summed E-state index contributed by atoms with van der Waals surface area (Å²) in [4.78, 5) is 13.2. The topological polar surface area (TPSA) is 51.1 Å². The van der Waals surface area contributed by atoms with Gasteiger partial charge in [0.2, 0.25) is 5.91 Å². The van der Waals surface area contributed by atoms with E-state index in [1.165, 1.54) is 4.88 Å². The first-order valence-electron chi connectivity index (χ1n) is 8.10. The first-order chi connectivity index (χ1) is 11.1. The van der Waals surface area contributed by atoms with Gasteiger partial charge in [-0.3, -0.25) is 4.79 Å². The van der Waals surface area contributed by atoms with Crippen molar-refractivity contribution >= 4 is 23.0 Å². The Kier molecular flexibility index (Phi) is 5.14. The Morgan fingerprint density at radius 2 is 2.09 bits per heavy atom. The van der Waals surface area contributed by atoms with E-state index in [0.29, 0.717) is 5.92 Å². The molecule has 1 fully saturated rings. The van der Waals surface area contributed by atoms with Crippen LogP contribution in [0.1, 0.15) is 43.5 Å². The van der Waals surface area contributed by atoms with Crippen LogP contribution in [0.3, 0.4) is 0 Å². The fraction of sp³-hybridized carbons (Fsp3) is 0.647. The summed E-state index contributed by atoms with van der Waals surface area (Å²) in [5.74, 6) is 0.380. The van der Waals surface area contributed by atoms with E-state index in [-0.39, 0.29) is 24.2 Å². The van der Waals surface area contributed by atoms with Crippen LogP contribution >= 0.6 is 11.3 Å². The summed E-state index contributed by atoms with van der Waals surface area (Å²) in [6.07, 6.45) is 4.03. The fourth-order valence-corrected chi connectivity index (χ4v) is 4.51. The molecule has 0 spiro atoms. The van der Waals surface area contributed by atoms with Crippen LogP contribution in [0.15, 0.2) is 22.6 Å². The summed E-state index contributed by atoms with van der Waals surface area (Å²) in [7, 11) is 3.49. The Balaban J connectivity index is 1.75. The summed E-state index contributed by atoms with van der Waals surface area (Å²) in [6, 6.07) is 4.17. The summed E-state index contributed by atoms with van der Waals surface area (Å²) < 4.78 is 11.1. The van der Waals surface area contributed by atoms with Crippen molar-refractivity contribution in [3.05, 3.63) is 22.4 Å². The van der Waals surface area contributed by atoms with Gasteiger partial charge in [-0.05, 0) is 30.7 Å². The lowest BCUT2D eigenvalue weighted by Gasteiger charge is -2.34. The number of carbonyl (C=O) groups is 1. The van der Waals surface area contributed by atoms with E-state index in [1.807, 2.05) is 6.07 Å². The fourth-order valence-electron chi connectivity index (χ4n) is 3.70. The SMILES string of the molecule is COC1CCC(C2=NN(C(C)=O)C(c3cccs3)C2)CC1OC. The second kappa shape index (κ2) is 7.11. The molecular weight excluding hydrogens is 312 g/mol. The molecule has 0 saturated heterocycles. The maximum Gasteiger partial charge on any atom is 0.240 e. The number of amides is 1. The summed E-state index contributed by atoms with van der Waals surface area (Å²) in [6.45, 7) is 1.59. The van der Waals surface area contributed by atoms with Crippen molar-refractivity contribution < 1.29 is 14.3 Å². The third-order valence-electron chi connectivity index (χ3n) is 4.94. The van der Waals surface area contributed by atoms with Crippen molar-refractivity contribution in [1.29, 1.82) is 0 Å². The van der Waals surface area contributed by atoms with Gasteiger partial charge in [0.1, 0.15) is 0 Å². The lowest BCUT2D eigenvalue weighted by Crippen LogP contribution is -2.38. The summed E-state index contributed by atoms with van der Waals surface area (Å²) in [5, 5.41) is 8.39. The molecule has 1 aromatic rings. The maximum absolute atomic E-state index is 12.0. The molecule has 1 saturated carbocycles. The number of methoxy groups -OCH3 is 2. The van der Waals surface area contributed by atoms with E-state index in [9.17, 15) is 4.79 Å². The van der Waals surface area contributed by atoms with Gasteiger partial charge in [-0.15, -0.1) is 11.3 Å².